The van der Waals surface area contributed by atoms with Crippen LogP contribution in [0.2, 0.25) is 0 Å². The molecule has 10 heteroatoms. The molecule has 34 heavy (non-hydrogen) atoms. The Labute approximate surface area is 199 Å². The van der Waals surface area contributed by atoms with Crippen LogP contribution in [0.5, 0.6) is 11.5 Å². The van der Waals surface area contributed by atoms with Crippen LogP contribution in [0.4, 0.5) is 5.69 Å². The molecule has 2 heterocycles. The monoisotopic (exact) mass is 487 g/mol. The van der Waals surface area contributed by atoms with E-state index in [1.165, 1.54) is 4.31 Å². The first-order valence-corrected chi connectivity index (χ1v) is 12.8. The minimum Gasteiger partial charge on any atom is -0.497 e. The highest BCUT2D eigenvalue weighted by atomic mass is 32.2. The minimum atomic E-state index is -3.53. The molecule has 0 saturated carbocycles. The number of anilines is 1. The fourth-order valence-corrected chi connectivity index (χ4v) is 5.66. The Hall–Kier alpha value is -3.11. The molecule has 9 nitrogen and oxygen atoms in total. The summed E-state index contributed by atoms with van der Waals surface area (Å²) in [6, 6.07) is 12.7. The molecule has 1 N–H and O–H groups in total. The fourth-order valence-electron chi connectivity index (χ4n) is 4.34. The van der Waals surface area contributed by atoms with Crippen LogP contribution in [-0.4, -0.2) is 64.1 Å². The molecule has 0 bridgehead atoms. The van der Waals surface area contributed by atoms with E-state index >= 15 is 0 Å². The number of methoxy groups -OCH3 is 2. The molecule has 2 amide bonds. The summed E-state index contributed by atoms with van der Waals surface area (Å²) >= 11 is 0. The van der Waals surface area contributed by atoms with Crippen molar-refractivity contribution >= 4 is 27.5 Å². The van der Waals surface area contributed by atoms with Gasteiger partial charge in [0.15, 0.2) is 0 Å². The lowest BCUT2D eigenvalue weighted by molar-refractivity contribution is -0.126. The third kappa shape index (κ3) is 5.18. The molecule has 2 aliphatic heterocycles. The number of benzene rings is 2. The first-order valence-electron chi connectivity index (χ1n) is 11.2. The van der Waals surface area contributed by atoms with Crippen LogP contribution in [0, 0.1) is 5.92 Å². The number of nitrogens with zero attached hydrogens (tertiary/aromatic N) is 2. The van der Waals surface area contributed by atoms with Gasteiger partial charge in [-0.2, -0.15) is 4.31 Å². The first-order chi connectivity index (χ1) is 16.3. The van der Waals surface area contributed by atoms with Crippen molar-refractivity contribution in [3.63, 3.8) is 0 Å². The maximum Gasteiger partial charge on any atom is 0.227 e. The molecule has 0 aliphatic carbocycles. The van der Waals surface area contributed by atoms with Crippen molar-refractivity contribution in [1.29, 1.82) is 0 Å². The lowest BCUT2D eigenvalue weighted by Crippen LogP contribution is -2.41. The summed E-state index contributed by atoms with van der Waals surface area (Å²) < 4.78 is 37.5. The van der Waals surface area contributed by atoms with E-state index in [1.807, 2.05) is 18.2 Å². The van der Waals surface area contributed by atoms with Gasteiger partial charge in [0.05, 0.1) is 25.9 Å². The third-order valence-electron chi connectivity index (χ3n) is 6.32. The second-order valence-electron chi connectivity index (χ2n) is 8.43. The van der Waals surface area contributed by atoms with Crippen LogP contribution in [0.15, 0.2) is 42.5 Å². The number of fused-ring (bicyclic) bond motifs is 1. The van der Waals surface area contributed by atoms with Gasteiger partial charge in [0.2, 0.25) is 21.8 Å². The van der Waals surface area contributed by atoms with Gasteiger partial charge in [-0.1, -0.05) is 6.07 Å². The van der Waals surface area contributed by atoms with Crippen molar-refractivity contribution in [2.75, 3.05) is 44.5 Å². The first kappa shape index (κ1) is 24.0. The number of hydrogen-bond acceptors (Lipinski definition) is 6. The average molecular weight is 488 g/mol. The zero-order valence-electron chi connectivity index (χ0n) is 19.3. The van der Waals surface area contributed by atoms with E-state index in [2.05, 4.69) is 5.32 Å². The van der Waals surface area contributed by atoms with Gasteiger partial charge in [-0.15, -0.1) is 0 Å². The number of carbonyl (C=O) groups excluding carboxylic acids is 2. The summed E-state index contributed by atoms with van der Waals surface area (Å²) in [7, 11) is -0.361. The molecular formula is C24H29N3O6S. The number of sulfonamides is 1. The summed E-state index contributed by atoms with van der Waals surface area (Å²) in [5.41, 5.74) is 2.75. The predicted octanol–water partition coefficient (Wildman–Crippen LogP) is 1.56. The third-order valence-corrected chi connectivity index (χ3v) is 8.14. The fraction of sp³-hybridized carbons (Fsp3) is 0.417. The number of ether oxygens (including phenoxy) is 2. The lowest BCUT2D eigenvalue weighted by atomic mass is 10.0. The van der Waals surface area contributed by atoms with Crippen molar-refractivity contribution in [3.8, 4) is 11.5 Å². The molecule has 2 aromatic rings. The molecule has 182 valence electrons. The zero-order valence-corrected chi connectivity index (χ0v) is 20.1. The number of carbonyl (C=O) groups is 2. The van der Waals surface area contributed by atoms with E-state index in [4.69, 9.17) is 9.47 Å². The van der Waals surface area contributed by atoms with E-state index in [-0.39, 0.29) is 37.1 Å². The molecule has 1 unspecified atom stereocenters. The van der Waals surface area contributed by atoms with E-state index in [0.29, 0.717) is 30.9 Å². The highest BCUT2D eigenvalue weighted by molar-refractivity contribution is 7.89. The molecule has 2 aliphatic rings. The van der Waals surface area contributed by atoms with E-state index in [0.717, 1.165) is 16.9 Å². The van der Waals surface area contributed by atoms with E-state index < -0.39 is 15.9 Å². The maximum atomic E-state index is 12.8. The smallest absolute Gasteiger partial charge is 0.227 e. The summed E-state index contributed by atoms with van der Waals surface area (Å²) in [6.07, 6.45) is 0.709. The topological polar surface area (TPSA) is 105 Å². The molecule has 1 fully saturated rings. The molecule has 4 rings (SSSR count). The standard InChI is InChI=1S/C24H29N3O6S/c1-32-21-7-4-20(5-8-21)27-16-19(14-23(27)28)24(29)25-10-12-34(30,31)26-11-9-17-13-22(33-2)6-3-18(17)15-26/h3-8,13,19H,9-12,14-16H2,1-2H3,(H,25,29). The Kier molecular flexibility index (Phi) is 7.08. The van der Waals surface area contributed by atoms with Crippen molar-refractivity contribution in [1.82, 2.24) is 9.62 Å². The molecule has 0 radical (unpaired) electrons. The maximum absolute atomic E-state index is 12.8. The Morgan fingerprint density at radius 2 is 1.76 bits per heavy atom. The molecule has 0 aromatic heterocycles. The van der Waals surface area contributed by atoms with Crippen LogP contribution >= 0.6 is 0 Å². The molecule has 1 atom stereocenters. The number of hydrogen-bond donors (Lipinski definition) is 1. The van der Waals surface area contributed by atoms with Crippen LogP contribution in [-0.2, 0) is 32.6 Å². The summed E-state index contributed by atoms with van der Waals surface area (Å²) in [4.78, 5) is 26.6. The van der Waals surface area contributed by atoms with Gasteiger partial charge in [-0.25, -0.2) is 8.42 Å². The number of amides is 2. The Bertz CT molecular complexity index is 1170. The largest absolute Gasteiger partial charge is 0.497 e. The van der Waals surface area contributed by atoms with Crippen molar-refractivity contribution in [2.24, 2.45) is 5.92 Å². The van der Waals surface area contributed by atoms with E-state index in [1.54, 1.807) is 43.4 Å². The van der Waals surface area contributed by atoms with Crippen LogP contribution in [0.3, 0.4) is 0 Å². The summed E-state index contributed by atoms with van der Waals surface area (Å²) in [6.45, 7) is 0.963. The second kappa shape index (κ2) is 10.0. The SMILES string of the molecule is COc1ccc(N2CC(C(=O)NCCS(=O)(=O)N3CCc4cc(OC)ccc4C3)CC2=O)cc1. The number of nitrogens with one attached hydrogen (secondary N) is 1. The molecule has 1 saturated heterocycles. The summed E-state index contributed by atoms with van der Waals surface area (Å²) in [5, 5.41) is 2.70. The highest BCUT2D eigenvalue weighted by Gasteiger charge is 2.35. The van der Waals surface area contributed by atoms with Crippen molar-refractivity contribution < 1.29 is 27.5 Å². The normalized spacial score (nSPS) is 18.5. The van der Waals surface area contributed by atoms with Gasteiger partial charge < -0.3 is 19.7 Å². The second-order valence-corrected chi connectivity index (χ2v) is 10.5. The Balaban J connectivity index is 1.29. The van der Waals surface area contributed by atoms with Crippen LogP contribution in [0.1, 0.15) is 17.5 Å². The Morgan fingerprint density at radius 1 is 1.06 bits per heavy atom. The van der Waals surface area contributed by atoms with Gasteiger partial charge in [0.25, 0.3) is 0 Å². The van der Waals surface area contributed by atoms with Gasteiger partial charge in [-0.05, 0) is 53.9 Å². The quantitative estimate of drug-likeness (QED) is 0.606. The summed E-state index contributed by atoms with van der Waals surface area (Å²) in [5.74, 6) is 0.287. The van der Waals surface area contributed by atoms with Gasteiger partial charge >= 0.3 is 0 Å². The molecule has 0 spiro atoms. The van der Waals surface area contributed by atoms with Gasteiger partial charge in [0, 0.05) is 38.3 Å². The van der Waals surface area contributed by atoms with Gasteiger partial charge in [0.1, 0.15) is 11.5 Å². The molecular weight excluding hydrogens is 458 g/mol. The zero-order chi connectivity index (χ0) is 24.3. The number of rotatable bonds is 8. The van der Waals surface area contributed by atoms with Gasteiger partial charge in [-0.3, -0.25) is 9.59 Å². The highest BCUT2D eigenvalue weighted by Crippen LogP contribution is 2.27. The van der Waals surface area contributed by atoms with Crippen molar-refractivity contribution in [2.45, 2.75) is 19.4 Å². The predicted molar refractivity (Wildman–Crippen MR) is 127 cm³/mol. The van der Waals surface area contributed by atoms with Crippen molar-refractivity contribution in [3.05, 3.63) is 53.6 Å². The molecule has 2 aromatic carbocycles. The lowest BCUT2D eigenvalue weighted by Gasteiger charge is -2.28. The van der Waals surface area contributed by atoms with Crippen LogP contribution in [0.25, 0.3) is 0 Å². The average Bonchev–Trinajstić information content (AvgIpc) is 3.24. The minimum absolute atomic E-state index is 0.000360. The van der Waals surface area contributed by atoms with E-state index in [9.17, 15) is 18.0 Å². The Morgan fingerprint density at radius 3 is 2.47 bits per heavy atom. The van der Waals surface area contributed by atoms with Crippen LogP contribution < -0.4 is 19.7 Å².